The molecular weight excluding hydrogens is 329 g/mol. The predicted octanol–water partition coefficient (Wildman–Crippen LogP) is 3.67. The van der Waals surface area contributed by atoms with Crippen molar-refractivity contribution >= 4 is 41.0 Å². The Balaban J connectivity index is 2.14. The summed E-state index contributed by atoms with van der Waals surface area (Å²) < 4.78 is 0. The molecule has 0 saturated heterocycles. The number of para-hydroxylation sites is 1. The molecular formula is C14H9Cl2N3O3. The number of nitro benzene ring substituents is 1. The van der Waals surface area contributed by atoms with Crippen LogP contribution in [0.3, 0.4) is 0 Å². The molecule has 0 spiro atoms. The second-order valence-electron chi connectivity index (χ2n) is 4.14. The van der Waals surface area contributed by atoms with Gasteiger partial charge in [-0.25, -0.2) is 5.43 Å². The maximum Gasteiger partial charge on any atom is 0.278 e. The van der Waals surface area contributed by atoms with E-state index in [0.717, 1.165) is 0 Å². The van der Waals surface area contributed by atoms with Crippen LogP contribution in [-0.2, 0) is 0 Å². The smallest absolute Gasteiger partial charge is 0.267 e. The summed E-state index contributed by atoms with van der Waals surface area (Å²) in [5.41, 5.74) is 2.57. The van der Waals surface area contributed by atoms with Crippen LogP contribution in [0.5, 0.6) is 0 Å². The molecule has 0 atom stereocenters. The van der Waals surface area contributed by atoms with Crippen molar-refractivity contribution in [2.75, 3.05) is 0 Å². The Morgan fingerprint density at radius 3 is 2.68 bits per heavy atom. The molecule has 0 saturated carbocycles. The zero-order chi connectivity index (χ0) is 16.1. The number of nitro groups is 1. The first kappa shape index (κ1) is 15.9. The van der Waals surface area contributed by atoms with Crippen LogP contribution in [0.1, 0.15) is 15.9 Å². The highest BCUT2D eigenvalue weighted by Crippen LogP contribution is 2.20. The average molecular weight is 338 g/mol. The summed E-state index contributed by atoms with van der Waals surface area (Å²) in [6.45, 7) is 0. The number of halogens is 2. The number of rotatable bonds is 4. The molecule has 6 nitrogen and oxygen atoms in total. The number of amides is 1. The van der Waals surface area contributed by atoms with Gasteiger partial charge in [-0.05, 0) is 24.3 Å². The van der Waals surface area contributed by atoms with Gasteiger partial charge in [0.1, 0.15) is 0 Å². The number of hydrazone groups is 1. The number of hydrogen-bond donors (Lipinski definition) is 1. The fourth-order valence-electron chi connectivity index (χ4n) is 1.66. The first-order valence-electron chi connectivity index (χ1n) is 6.01. The molecule has 2 aromatic carbocycles. The molecule has 0 unspecified atom stereocenters. The first-order chi connectivity index (χ1) is 10.5. The lowest BCUT2D eigenvalue weighted by atomic mass is 10.2. The Morgan fingerprint density at radius 2 is 1.95 bits per heavy atom. The molecule has 0 heterocycles. The molecule has 8 heteroatoms. The van der Waals surface area contributed by atoms with Crippen LogP contribution in [0, 0.1) is 10.1 Å². The molecule has 0 aliphatic carbocycles. The van der Waals surface area contributed by atoms with Crippen molar-refractivity contribution in [2.24, 2.45) is 5.10 Å². The van der Waals surface area contributed by atoms with E-state index in [4.69, 9.17) is 23.2 Å². The van der Waals surface area contributed by atoms with Gasteiger partial charge in [0.2, 0.25) is 0 Å². The molecule has 22 heavy (non-hydrogen) atoms. The lowest BCUT2D eigenvalue weighted by Crippen LogP contribution is -2.18. The zero-order valence-electron chi connectivity index (χ0n) is 11.0. The topological polar surface area (TPSA) is 84.6 Å². The molecule has 0 bridgehead atoms. The fraction of sp³-hybridized carbons (Fsp3) is 0. The van der Waals surface area contributed by atoms with Gasteiger partial charge in [-0.3, -0.25) is 14.9 Å². The monoisotopic (exact) mass is 337 g/mol. The van der Waals surface area contributed by atoms with Gasteiger partial charge in [0.15, 0.2) is 0 Å². The summed E-state index contributed by atoms with van der Waals surface area (Å²) >= 11 is 11.7. The summed E-state index contributed by atoms with van der Waals surface area (Å²) in [5, 5.41) is 15.1. The van der Waals surface area contributed by atoms with Crippen molar-refractivity contribution in [3.05, 3.63) is 73.8 Å². The molecule has 0 radical (unpaired) electrons. The highest BCUT2D eigenvalue weighted by atomic mass is 35.5. The Bertz CT molecular complexity index is 763. The molecule has 2 aromatic rings. The molecule has 1 N–H and O–H groups in total. The van der Waals surface area contributed by atoms with Crippen LogP contribution < -0.4 is 5.43 Å². The molecule has 0 fully saturated rings. The van der Waals surface area contributed by atoms with E-state index < -0.39 is 10.8 Å². The van der Waals surface area contributed by atoms with E-state index in [0.29, 0.717) is 5.02 Å². The van der Waals surface area contributed by atoms with E-state index >= 15 is 0 Å². The second-order valence-corrected chi connectivity index (χ2v) is 4.98. The van der Waals surface area contributed by atoms with Gasteiger partial charge in [0.25, 0.3) is 11.6 Å². The SMILES string of the molecule is O=C(N/N=C\c1ccccc1[N+](=O)[O-])c1cc(Cl)ccc1Cl. The highest BCUT2D eigenvalue weighted by molar-refractivity contribution is 6.35. The van der Waals surface area contributed by atoms with E-state index in [1.54, 1.807) is 18.2 Å². The lowest BCUT2D eigenvalue weighted by Gasteiger charge is -2.03. The number of nitrogens with zero attached hydrogens (tertiary/aromatic N) is 2. The molecule has 112 valence electrons. The predicted molar refractivity (Wildman–Crippen MR) is 84.6 cm³/mol. The van der Waals surface area contributed by atoms with Crippen molar-refractivity contribution in [1.82, 2.24) is 5.43 Å². The quantitative estimate of drug-likeness (QED) is 0.524. The maximum absolute atomic E-state index is 11.9. The number of carbonyl (C=O) groups is 1. The van der Waals surface area contributed by atoms with Gasteiger partial charge in [0.05, 0.1) is 27.3 Å². The van der Waals surface area contributed by atoms with Gasteiger partial charge in [-0.1, -0.05) is 35.3 Å². The summed E-state index contributed by atoms with van der Waals surface area (Å²) in [7, 11) is 0. The minimum atomic E-state index is -0.567. The maximum atomic E-state index is 11.9. The van der Waals surface area contributed by atoms with Crippen LogP contribution in [-0.4, -0.2) is 17.0 Å². The van der Waals surface area contributed by atoms with Crippen LogP contribution in [0.25, 0.3) is 0 Å². The third-order valence-corrected chi connectivity index (χ3v) is 3.24. The number of benzene rings is 2. The van der Waals surface area contributed by atoms with Crippen LogP contribution >= 0.6 is 23.2 Å². The van der Waals surface area contributed by atoms with Crippen molar-refractivity contribution < 1.29 is 9.72 Å². The summed E-state index contributed by atoms with van der Waals surface area (Å²) in [6, 6.07) is 10.5. The lowest BCUT2D eigenvalue weighted by molar-refractivity contribution is -0.385. The highest BCUT2D eigenvalue weighted by Gasteiger charge is 2.12. The second kappa shape index (κ2) is 7.02. The molecule has 0 aromatic heterocycles. The van der Waals surface area contributed by atoms with Crippen LogP contribution in [0.4, 0.5) is 5.69 Å². The molecule has 1 amide bonds. The largest absolute Gasteiger partial charge is 0.278 e. The van der Waals surface area contributed by atoms with Crippen molar-refractivity contribution in [2.45, 2.75) is 0 Å². The van der Waals surface area contributed by atoms with E-state index in [2.05, 4.69) is 10.5 Å². The van der Waals surface area contributed by atoms with E-state index in [-0.39, 0.29) is 21.8 Å². The van der Waals surface area contributed by atoms with E-state index in [1.165, 1.54) is 30.5 Å². The number of hydrogen-bond acceptors (Lipinski definition) is 4. The van der Waals surface area contributed by atoms with Gasteiger partial charge in [-0.2, -0.15) is 5.10 Å². The Hall–Kier alpha value is -2.44. The minimum absolute atomic E-state index is 0.110. The van der Waals surface area contributed by atoms with Gasteiger partial charge >= 0.3 is 0 Å². The van der Waals surface area contributed by atoms with Gasteiger partial charge in [0, 0.05) is 11.1 Å². The van der Waals surface area contributed by atoms with Gasteiger partial charge < -0.3 is 0 Å². The molecule has 0 aliphatic heterocycles. The number of nitrogens with one attached hydrogen (secondary N) is 1. The normalized spacial score (nSPS) is 10.6. The Kier molecular flexibility index (Phi) is 5.08. The van der Waals surface area contributed by atoms with Crippen molar-refractivity contribution in [3.8, 4) is 0 Å². The van der Waals surface area contributed by atoms with Crippen molar-refractivity contribution in [1.29, 1.82) is 0 Å². The van der Waals surface area contributed by atoms with E-state index in [1.807, 2.05) is 0 Å². The van der Waals surface area contributed by atoms with Crippen molar-refractivity contribution in [3.63, 3.8) is 0 Å². The first-order valence-corrected chi connectivity index (χ1v) is 6.76. The third-order valence-electron chi connectivity index (χ3n) is 2.68. The number of carbonyl (C=O) groups excluding carboxylic acids is 1. The van der Waals surface area contributed by atoms with Crippen LogP contribution in [0.2, 0.25) is 10.0 Å². The van der Waals surface area contributed by atoms with Crippen LogP contribution in [0.15, 0.2) is 47.6 Å². The summed E-state index contributed by atoms with van der Waals surface area (Å²) in [4.78, 5) is 22.2. The summed E-state index contributed by atoms with van der Waals surface area (Å²) in [6.07, 6.45) is 1.19. The fourth-order valence-corrected chi connectivity index (χ4v) is 2.03. The molecule has 2 rings (SSSR count). The zero-order valence-corrected chi connectivity index (χ0v) is 12.5. The average Bonchev–Trinajstić information content (AvgIpc) is 2.50. The Labute approximate surface area is 135 Å². The standard InChI is InChI=1S/C14H9Cl2N3O3/c15-10-5-6-12(16)11(7-10)14(20)18-17-8-9-3-1-2-4-13(9)19(21)22/h1-8H,(H,18,20)/b17-8-. The Morgan fingerprint density at radius 1 is 1.23 bits per heavy atom. The molecule has 0 aliphatic rings. The summed E-state index contributed by atoms with van der Waals surface area (Å²) in [5.74, 6) is -0.567. The van der Waals surface area contributed by atoms with E-state index in [9.17, 15) is 14.9 Å². The minimum Gasteiger partial charge on any atom is -0.267 e. The third kappa shape index (κ3) is 3.81. The van der Waals surface area contributed by atoms with Gasteiger partial charge in [-0.15, -0.1) is 0 Å².